The van der Waals surface area contributed by atoms with Gasteiger partial charge in [0.1, 0.15) is 5.69 Å². The number of nitrogens with zero attached hydrogens (tertiary/aromatic N) is 1. The van der Waals surface area contributed by atoms with Gasteiger partial charge in [-0.3, -0.25) is 9.78 Å². The number of aromatic amines is 1. The number of amides is 1. The molecule has 2 heterocycles. The summed E-state index contributed by atoms with van der Waals surface area (Å²) in [7, 11) is 0. The molecule has 1 amide bonds. The lowest BCUT2D eigenvalue weighted by Gasteiger charge is -2.03. The highest BCUT2D eigenvalue weighted by atomic mass is 16.4. The Bertz CT molecular complexity index is 806. The van der Waals surface area contributed by atoms with Crippen LogP contribution >= 0.6 is 0 Å². The van der Waals surface area contributed by atoms with Crippen LogP contribution in [0.1, 0.15) is 20.8 Å². The van der Waals surface area contributed by atoms with E-state index in [1.54, 1.807) is 6.07 Å². The second-order valence-corrected chi connectivity index (χ2v) is 4.49. The van der Waals surface area contributed by atoms with Gasteiger partial charge >= 0.3 is 5.97 Å². The van der Waals surface area contributed by atoms with Crippen molar-refractivity contribution in [3.8, 4) is 0 Å². The Labute approximate surface area is 119 Å². The van der Waals surface area contributed by atoms with Gasteiger partial charge in [0.25, 0.3) is 5.91 Å². The van der Waals surface area contributed by atoms with Crippen LogP contribution in [0.15, 0.2) is 48.8 Å². The molecule has 2 aromatic heterocycles. The summed E-state index contributed by atoms with van der Waals surface area (Å²) in [6, 6.07) is 10.6. The third-order valence-electron chi connectivity index (χ3n) is 3.02. The summed E-state index contributed by atoms with van der Waals surface area (Å²) in [5.41, 5.74) is 1.61. The lowest BCUT2D eigenvalue weighted by molar-refractivity contribution is 0.0696. The maximum atomic E-state index is 12.1. The highest BCUT2D eigenvalue weighted by molar-refractivity contribution is 6.06. The number of rotatable bonds is 3. The number of hydrogen-bond donors (Lipinski definition) is 3. The molecule has 0 atom stereocenters. The molecule has 0 aliphatic heterocycles. The number of H-pyrrole nitrogens is 1. The summed E-state index contributed by atoms with van der Waals surface area (Å²) in [6.07, 6.45) is 2.62. The normalized spacial score (nSPS) is 10.5. The third-order valence-corrected chi connectivity index (χ3v) is 3.02. The minimum atomic E-state index is -1.09. The van der Waals surface area contributed by atoms with Crippen molar-refractivity contribution in [2.24, 2.45) is 0 Å². The minimum Gasteiger partial charge on any atom is -0.478 e. The van der Waals surface area contributed by atoms with E-state index in [9.17, 15) is 9.59 Å². The number of pyridine rings is 1. The van der Waals surface area contributed by atoms with Crippen molar-refractivity contribution in [1.29, 1.82) is 0 Å². The number of anilines is 1. The van der Waals surface area contributed by atoms with Gasteiger partial charge in [0.2, 0.25) is 0 Å². The average molecular weight is 281 g/mol. The summed E-state index contributed by atoms with van der Waals surface area (Å²) in [5.74, 6) is -1.44. The number of aromatic carboxylic acids is 1. The molecule has 1 aromatic carbocycles. The molecule has 3 N–H and O–H groups in total. The Morgan fingerprint density at radius 3 is 2.71 bits per heavy atom. The molecule has 3 rings (SSSR count). The van der Waals surface area contributed by atoms with Crippen LogP contribution in [0, 0.1) is 0 Å². The van der Waals surface area contributed by atoms with Crippen molar-refractivity contribution in [2.75, 3.05) is 5.32 Å². The fourth-order valence-corrected chi connectivity index (χ4v) is 2.02. The number of nitrogens with one attached hydrogen (secondary N) is 2. The maximum Gasteiger partial charge on any atom is 0.337 e. The number of carboxylic acids is 1. The Balaban J connectivity index is 1.85. The molecule has 0 bridgehead atoms. The van der Waals surface area contributed by atoms with Crippen molar-refractivity contribution in [2.45, 2.75) is 0 Å². The number of fused-ring (bicyclic) bond motifs is 1. The fourth-order valence-electron chi connectivity index (χ4n) is 2.02. The number of benzene rings is 1. The monoisotopic (exact) mass is 281 g/mol. The van der Waals surface area contributed by atoms with E-state index in [1.807, 2.05) is 24.3 Å². The van der Waals surface area contributed by atoms with Gasteiger partial charge in [-0.05, 0) is 18.2 Å². The van der Waals surface area contributed by atoms with E-state index >= 15 is 0 Å². The average Bonchev–Trinajstić information content (AvgIpc) is 2.91. The Morgan fingerprint density at radius 2 is 1.95 bits per heavy atom. The number of carboxylic acid groups (broad SMARTS) is 1. The molecule has 0 saturated heterocycles. The summed E-state index contributed by atoms with van der Waals surface area (Å²) in [4.78, 5) is 29.8. The van der Waals surface area contributed by atoms with Crippen LogP contribution in [0.25, 0.3) is 10.9 Å². The zero-order valence-electron chi connectivity index (χ0n) is 10.8. The van der Waals surface area contributed by atoms with Crippen molar-refractivity contribution < 1.29 is 14.7 Å². The van der Waals surface area contributed by atoms with Gasteiger partial charge in [-0.25, -0.2) is 4.79 Å². The van der Waals surface area contributed by atoms with Crippen LogP contribution in [0.2, 0.25) is 0 Å². The molecule has 0 unspecified atom stereocenters. The molecule has 0 saturated carbocycles. The molecule has 6 nitrogen and oxygen atoms in total. The first-order valence-electron chi connectivity index (χ1n) is 6.21. The van der Waals surface area contributed by atoms with Crippen LogP contribution in [-0.2, 0) is 0 Å². The maximum absolute atomic E-state index is 12.1. The van der Waals surface area contributed by atoms with Gasteiger partial charge in [0.15, 0.2) is 0 Å². The number of carbonyl (C=O) groups is 2. The van der Waals surface area contributed by atoms with Gasteiger partial charge in [-0.1, -0.05) is 18.2 Å². The van der Waals surface area contributed by atoms with E-state index in [4.69, 9.17) is 5.11 Å². The molecule has 0 aliphatic carbocycles. The van der Waals surface area contributed by atoms with Crippen molar-refractivity contribution in [1.82, 2.24) is 9.97 Å². The van der Waals surface area contributed by atoms with Gasteiger partial charge in [0, 0.05) is 17.1 Å². The fraction of sp³-hybridized carbons (Fsp3) is 0. The first kappa shape index (κ1) is 12.9. The smallest absolute Gasteiger partial charge is 0.337 e. The highest BCUT2D eigenvalue weighted by Crippen LogP contribution is 2.16. The molecule has 0 spiro atoms. The topological polar surface area (TPSA) is 95.1 Å². The van der Waals surface area contributed by atoms with Crippen LogP contribution < -0.4 is 5.32 Å². The molecule has 6 heteroatoms. The van der Waals surface area contributed by atoms with Gasteiger partial charge in [0.05, 0.1) is 17.4 Å². The predicted molar refractivity (Wildman–Crippen MR) is 77.4 cm³/mol. The number of aromatic nitrogens is 2. The molecule has 0 aliphatic rings. The zero-order chi connectivity index (χ0) is 14.8. The van der Waals surface area contributed by atoms with Gasteiger partial charge in [-0.2, -0.15) is 0 Å². The first-order chi connectivity index (χ1) is 10.1. The molecular formula is C15H11N3O3. The largest absolute Gasteiger partial charge is 0.478 e. The molecule has 0 radical (unpaired) electrons. The molecule has 3 aromatic rings. The lowest BCUT2D eigenvalue weighted by atomic mass is 10.2. The Hall–Kier alpha value is -3.15. The van der Waals surface area contributed by atoms with Crippen LogP contribution in [0.5, 0.6) is 0 Å². The summed E-state index contributed by atoms with van der Waals surface area (Å²) in [5, 5.41) is 12.4. The zero-order valence-corrected chi connectivity index (χ0v) is 10.8. The number of para-hydroxylation sites is 1. The Morgan fingerprint density at radius 1 is 1.14 bits per heavy atom. The molecular weight excluding hydrogens is 270 g/mol. The first-order valence-corrected chi connectivity index (χ1v) is 6.21. The van der Waals surface area contributed by atoms with E-state index in [0.29, 0.717) is 11.4 Å². The van der Waals surface area contributed by atoms with Crippen LogP contribution in [0.4, 0.5) is 5.69 Å². The predicted octanol–water partition coefficient (Wildman–Crippen LogP) is 2.51. The number of hydrogen-bond acceptors (Lipinski definition) is 3. The second-order valence-electron chi connectivity index (χ2n) is 4.49. The highest BCUT2D eigenvalue weighted by Gasteiger charge is 2.11. The summed E-state index contributed by atoms with van der Waals surface area (Å²) in [6.45, 7) is 0. The van der Waals surface area contributed by atoms with E-state index in [1.165, 1.54) is 18.5 Å². The molecule has 0 fully saturated rings. The molecule has 21 heavy (non-hydrogen) atoms. The van der Waals surface area contributed by atoms with E-state index in [0.717, 1.165) is 10.9 Å². The second kappa shape index (κ2) is 5.09. The van der Waals surface area contributed by atoms with Crippen LogP contribution in [-0.4, -0.2) is 27.0 Å². The molecule has 104 valence electrons. The van der Waals surface area contributed by atoms with Gasteiger partial charge in [-0.15, -0.1) is 0 Å². The lowest BCUT2D eigenvalue weighted by Crippen LogP contribution is -2.13. The van der Waals surface area contributed by atoms with Crippen LogP contribution in [0.3, 0.4) is 0 Å². The van der Waals surface area contributed by atoms with Crippen molar-refractivity contribution in [3.05, 3.63) is 60.0 Å². The van der Waals surface area contributed by atoms with E-state index < -0.39 is 5.97 Å². The van der Waals surface area contributed by atoms with E-state index in [-0.39, 0.29) is 11.5 Å². The van der Waals surface area contributed by atoms with Crippen molar-refractivity contribution in [3.63, 3.8) is 0 Å². The quantitative estimate of drug-likeness (QED) is 0.687. The van der Waals surface area contributed by atoms with E-state index in [2.05, 4.69) is 15.3 Å². The summed E-state index contributed by atoms with van der Waals surface area (Å²) >= 11 is 0. The SMILES string of the molecule is O=C(O)c1cncc(NC(=O)c2cc3ccccc3[nH]2)c1. The standard InChI is InChI=1S/C15H11N3O3/c19-14(13-6-9-3-1-2-4-12(9)18-13)17-11-5-10(15(20)21)7-16-8-11/h1-8,18H,(H,17,19)(H,20,21). The van der Waals surface area contributed by atoms with Crippen molar-refractivity contribution >= 4 is 28.5 Å². The summed E-state index contributed by atoms with van der Waals surface area (Å²) < 4.78 is 0. The minimum absolute atomic E-state index is 0.0180. The number of carbonyl (C=O) groups excluding carboxylic acids is 1. The Kier molecular flexibility index (Phi) is 3.12. The third kappa shape index (κ3) is 2.59. The van der Waals surface area contributed by atoms with Gasteiger partial charge < -0.3 is 15.4 Å².